The molecule has 22 heavy (non-hydrogen) atoms. The Bertz CT molecular complexity index is 574. The maximum absolute atomic E-state index is 11.8. The van der Waals surface area contributed by atoms with Crippen molar-refractivity contribution in [3.05, 3.63) is 28.7 Å². The molecule has 2 aliphatic heterocycles. The topological polar surface area (TPSA) is 67.7 Å². The zero-order valence-corrected chi connectivity index (χ0v) is 12.7. The van der Waals surface area contributed by atoms with E-state index in [1.807, 2.05) is 4.90 Å². The number of nitrogens with zero attached hydrogens (tertiary/aromatic N) is 4. The molecule has 2 fully saturated rings. The second kappa shape index (κ2) is 7.02. The normalized spacial score (nSPS) is 23.2. The van der Waals surface area contributed by atoms with Crippen molar-refractivity contribution < 1.29 is 9.53 Å². The van der Waals surface area contributed by atoms with E-state index >= 15 is 0 Å². The van der Waals surface area contributed by atoms with Crippen LogP contribution in [0.4, 0.5) is 0 Å². The first-order valence-corrected chi connectivity index (χ1v) is 7.86. The smallest absolute Gasteiger partial charge is 0.266 e. The summed E-state index contributed by atoms with van der Waals surface area (Å²) in [7, 11) is 0. The summed E-state index contributed by atoms with van der Waals surface area (Å²) in [6, 6.07) is 3.53. The van der Waals surface area contributed by atoms with Crippen molar-refractivity contribution in [3.8, 4) is 0 Å². The monoisotopic (exact) mass is 306 g/mol. The van der Waals surface area contributed by atoms with Gasteiger partial charge in [0.1, 0.15) is 6.61 Å². The summed E-state index contributed by atoms with van der Waals surface area (Å²) in [6.07, 6.45) is 3.84. The van der Waals surface area contributed by atoms with Gasteiger partial charge in [-0.1, -0.05) is 0 Å². The molecule has 2 saturated heterocycles. The number of carbonyl (C=O) groups excluding carboxylic acids is 1. The Labute approximate surface area is 129 Å². The fourth-order valence-corrected chi connectivity index (χ4v) is 3.16. The number of aromatic nitrogens is 2. The summed E-state index contributed by atoms with van der Waals surface area (Å²) in [5, 5.41) is 4.13. The lowest BCUT2D eigenvalue weighted by Crippen LogP contribution is -2.46. The summed E-state index contributed by atoms with van der Waals surface area (Å²) < 4.78 is 6.68. The number of hydrogen-bond donors (Lipinski definition) is 0. The van der Waals surface area contributed by atoms with Crippen LogP contribution in [0, 0.1) is 0 Å². The molecular formula is C15H22N4O3. The predicted molar refractivity (Wildman–Crippen MR) is 80.5 cm³/mol. The molecule has 1 amide bonds. The molecular weight excluding hydrogens is 284 g/mol. The van der Waals surface area contributed by atoms with Gasteiger partial charge in [0.05, 0.1) is 13.2 Å². The Balaban J connectivity index is 1.55. The molecule has 0 saturated carbocycles. The van der Waals surface area contributed by atoms with Gasteiger partial charge in [-0.05, 0) is 25.5 Å². The molecule has 120 valence electrons. The average Bonchev–Trinajstić information content (AvgIpc) is 2.96. The van der Waals surface area contributed by atoms with Crippen molar-refractivity contribution in [2.24, 2.45) is 0 Å². The van der Waals surface area contributed by atoms with Crippen LogP contribution in [0.3, 0.4) is 0 Å². The van der Waals surface area contributed by atoms with Gasteiger partial charge in [-0.2, -0.15) is 5.10 Å². The molecule has 0 bridgehead atoms. The van der Waals surface area contributed by atoms with E-state index in [1.54, 1.807) is 18.3 Å². The van der Waals surface area contributed by atoms with Crippen LogP contribution in [-0.4, -0.2) is 70.9 Å². The molecule has 0 N–H and O–H groups in total. The number of rotatable bonds is 5. The van der Waals surface area contributed by atoms with E-state index in [0.29, 0.717) is 25.7 Å². The van der Waals surface area contributed by atoms with E-state index in [1.165, 1.54) is 4.68 Å². The zero-order chi connectivity index (χ0) is 15.4. The fourth-order valence-electron chi connectivity index (χ4n) is 3.16. The third-order valence-corrected chi connectivity index (χ3v) is 4.41. The summed E-state index contributed by atoms with van der Waals surface area (Å²) in [5.74, 6) is 0.0722. The van der Waals surface area contributed by atoms with E-state index in [0.717, 1.165) is 32.5 Å². The molecule has 7 heteroatoms. The first-order chi connectivity index (χ1) is 10.7. The summed E-state index contributed by atoms with van der Waals surface area (Å²) >= 11 is 0. The van der Waals surface area contributed by atoms with Crippen molar-refractivity contribution in [3.63, 3.8) is 0 Å². The minimum absolute atomic E-state index is 0.0577. The lowest BCUT2D eigenvalue weighted by molar-refractivity contribution is -0.142. The van der Waals surface area contributed by atoms with Crippen LogP contribution in [0.1, 0.15) is 12.8 Å². The minimum atomic E-state index is -0.0577. The molecule has 1 aromatic heterocycles. The zero-order valence-electron chi connectivity index (χ0n) is 12.7. The molecule has 0 spiro atoms. The highest BCUT2D eigenvalue weighted by Crippen LogP contribution is 2.18. The number of morpholine rings is 1. The Morgan fingerprint density at radius 3 is 3.00 bits per heavy atom. The lowest BCUT2D eigenvalue weighted by atomic mass is 10.2. The molecule has 0 radical (unpaired) electrons. The number of hydrogen-bond acceptors (Lipinski definition) is 5. The van der Waals surface area contributed by atoms with Gasteiger partial charge in [0.2, 0.25) is 5.91 Å². The summed E-state index contributed by atoms with van der Waals surface area (Å²) in [5.41, 5.74) is -0.0577. The molecule has 2 aliphatic rings. The predicted octanol–water partition coefficient (Wildman–Crippen LogP) is -0.433. The highest BCUT2D eigenvalue weighted by atomic mass is 16.5. The highest BCUT2D eigenvalue weighted by Gasteiger charge is 2.27. The average molecular weight is 306 g/mol. The van der Waals surface area contributed by atoms with Crippen LogP contribution in [0.5, 0.6) is 0 Å². The number of carbonyl (C=O) groups is 1. The second-order valence-electron chi connectivity index (χ2n) is 5.81. The first-order valence-electron chi connectivity index (χ1n) is 7.86. The molecule has 3 rings (SSSR count). The van der Waals surface area contributed by atoms with Crippen LogP contribution in [0.2, 0.25) is 0 Å². The molecule has 1 atom stereocenters. The molecule has 0 aromatic carbocycles. The molecule has 3 heterocycles. The Morgan fingerprint density at radius 1 is 1.27 bits per heavy atom. The van der Waals surface area contributed by atoms with Crippen LogP contribution in [0.15, 0.2) is 23.1 Å². The molecule has 0 aliphatic carbocycles. The van der Waals surface area contributed by atoms with E-state index in [9.17, 15) is 9.59 Å². The lowest BCUT2D eigenvalue weighted by Gasteiger charge is -2.31. The van der Waals surface area contributed by atoms with Crippen molar-refractivity contribution >= 4 is 5.91 Å². The Morgan fingerprint density at radius 2 is 2.18 bits per heavy atom. The van der Waals surface area contributed by atoms with Crippen molar-refractivity contribution in [1.29, 1.82) is 0 Å². The van der Waals surface area contributed by atoms with Gasteiger partial charge in [-0.15, -0.1) is 0 Å². The van der Waals surface area contributed by atoms with Gasteiger partial charge >= 0.3 is 0 Å². The van der Waals surface area contributed by atoms with E-state index in [4.69, 9.17) is 4.74 Å². The maximum Gasteiger partial charge on any atom is 0.266 e. The molecule has 7 nitrogen and oxygen atoms in total. The van der Waals surface area contributed by atoms with Gasteiger partial charge in [-0.3, -0.25) is 14.5 Å². The molecule has 1 aromatic rings. The van der Waals surface area contributed by atoms with Crippen LogP contribution < -0.4 is 5.56 Å². The Kier molecular flexibility index (Phi) is 4.84. The van der Waals surface area contributed by atoms with Gasteiger partial charge in [0.25, 0.3) is 5.56 Å². The summed E-state index contributed by atoms with van der Waals surface area (Å²) in [4.78, 5) is 27.8. The fraction of sp³-hybridized carbons (Fsp3) is 0.667. The van der Waals surface area contributed by atoms with E-state index in [2.05, 4.69) is 10.00 Å². The third kappa shape index (κ3) is 3.53. The quantitative estimate of drug-likeness (QED) is 0.738. The summed E-state index contributed by atoms with van der Waals surface area (Å²) in [6.45, 7) is 4.72. The van der Waals surface area contributed by atoms with Gasteiger partial charge in [0.15, 0.2) is 0 Å². The van der Waals surface area contributed by atoms with E-state index < -0.39 is 0 Å². The third-order valence-electron chi connectivity index (χ3n) is 4.41. The van der Waals surface area contributed by atoms with Crippen LogP contribution >= 0.6 is 0 Å². The molecule has 1 unspecified atom stereocenters. The number of likely N-dealkylation sites (tertiary alicyclic amines) is 1. The van der Waals surface area contributed by atoms with E-state index in [-0.39, 0.29) is 18.1 Å². The van der Waals surface area contributed by atoms with Crippen molar-refractivity contribution in [2.75, 3.05) is 39.4 Å². The second-order valence-corrected chi connectivity index (χ2v) is 5.81. The number of amides is 1. The highest BCUT2D eigenvalue weighted by molar-refractivity contribution is 5.77. The number of ether oxygens (including phenoxy) is 1. The maximum atomic E-state index is 11.8. The SMILES string of the molecule is O=C1COCCN1CCN1CCCC1Cn1ncccc1=O. The Hall–Kier alpha value is -1.73. The standard InChI is InChI=1S/C15H22N4O3/c20-14-4-1-5-16-19(14)11-13-3-2-6-17(13)7-8-18-9-10-22-12-15(18)21/h1,4-5,13H,2-3,6-12H2. The first kappa shape index (κ1) is 15.2. The van der Waals surface area contributed by atoms with Crippen molar-refractivity contribution in [1.82, 2.24) is 19.6 Å². The van der Waals surface area contributed by atoms with Gasteiger partial charge < -0.3 is 9.64 Å². The minimum Gasteiger partial charge on any atom is -0.370 e. The van der Waals surface area contributed by atoms with Crippen LogP contribution in [-0.2, 0) is 16.1 Å². The van der Waals surface area contributed by atoms with Gasteiger partial charge in [-0.25, -0.2) is 4.68 Å². The van der Waals surface area contributed by atoms with Gasteiger partial charge in [0, 0.05) is 37.9 Å². The van der Waals surface area contributed by atoms with Crippen molar-refractivity contribution in [2.45, 2.75) is 25.4 Å². The largest absolute Gasteiger partial charge is 0.370 e. The van der Waals surface area contributed by atoms with Crippen LogP contribution in [0.25, 0.3) is 0 Å².